The van der Waals surface area contributed by atoms with Crippen LogP contribution in [-0.2, 0) is 14.3 Å². The summed E-state index contributed by atoms with van der Waals surface area (Å²) in [4.78, 5) is 37.9. The standard InChI is InChI=1S/C24H26F2N2O6/c1-3-21(29)16-11-19(25)22(20(26)12-16)33-14-18-13-28(9-10-32-18)23(30)15(2)34-24(31)27-17-7-5-4-6-8-17/h4-8,11-12,15,18H,3,9-10,13-14H2,1-2H3,(H,27,31). The van der Waals surface area contributed by atoms with E-state index in [0.29, 0.717) is 5.69 Å². The van der Waals surface area contributed by atoms with Crippen LogP contribution in [0.5, 0.6) is 5.75 Å². The number of anilines is 1. The summed E-state index contributed by atoms with van der Waals surface area (Å²) in [5.41, 5.74) is 0.461. The molecular weight excluding hydrogens is 450 g/mol. The van der Waals surface area contributed by atoms with Gasteiger partial charge in [0.2, 0.25) is 0 Å². The van der Waals surface area contributed by atoms with Gasteiger partial charge in [0.1, 0.15) is 12.7 Å². The number of Topliss-reactive ketones (excluding diaryl/α,β-unsaturated/α-hetero) is 1. The van der Waals surface area contributed by atoms with Gasteiger partial charge in [-0.15, -0.1) is 0 Å². The van der Waals surface area contributed by atoms with Crippen molar-refractivity contribution in [2.24, 2.45) is 0 Å². The van der Waals surface area contributed by atoms with Gasteiger partial charge < -0.3 is 19.1 Å². The molecule has 1 aliphatic rings. The van der Waals surface area contributed by atoms with Gasteiger partial charge in [-0.3, -0.25) is 14.9 Å². The molecule has 0 aromatic heterocycles. The summed E-state index contributed by atoms with van der Waals surface area (Å²) in [6, 6.07) is 10.5. The molecule has 1 saturated heterocycles. The first kappa shape index (κ1) is 25.1. The van der Waals surface area contributed by atoms with Gasteiger partial charge in [0, 0.05) is 24.2 Å². The Morgan fingerprint density at radius 2 is 1.85 bits per heavy atom. The third-order valence-electron chi connectivity index (χ3n) is 5.16. The number of para-hydroxylation sites is 1. The van der Waals surface area contributed by atoms with Crippen molar-refractivity contribution in [2.45, 2.75) is 32.5 Å². The van der Waals surface area contributed by atoms with Crippen LogP contribution in [0.2, 0.25) is 0 Å². The molecule has 2 aromatic carbocycles. The van der Waals surface area contributed by atoms with Gasteiger partial charge >= 0.3 is 6.09 Å². The molecule has 1 fully saturated rings. The molecule has 3 rings (SSSR count). The van der Waals surface area contributed by atoms with E-state index in [1.54, 1.807) is 37.3 Å². The van der Waals surface area contributed by atoms with Crippen LogP contribution in [-0.4, -0.2) is 61.2 Å². The van der Waals surface area contributed by atoms with E-state index in [2.05, 4.69) is 5.32 Å². The fourth-order valence-electron chi connectivity index (χ4n) is 3.40. The van der Waals surface area contributed by atoms with Crippen molar-refractivity contribution in [1.29, 1.82) is 0 Å². The average molecular weight is 476 g/mol. The molecule has 0 bridgehead atoms. The van der Waals surface area contributed by atoms with Crippen LogP contribution in [0, 0.1) is 11.6 Å². The van der Waals surface area contributed by atoms with Crippen LogP contribution in [0.25, 0.3) is 0 Å². The van der Waals surface area contributed by atoms with Crippen LogP contribution in [0.4, 0.5) is 19.3 Å². The normalized spacial score (nSPS) is 16.5. The van der Waals surface area contributed by atoms with Gasteiger partial charge in [-0.1, -0.05) is 25.1 Å². The first-order valence-corrected chi connectivity index (χ1v) is 10.9. The van der Waals surface area contributed by atoms with Crippen molar-refractivity contribution in [3.05, 3.63) is 59.7 Å². The zero-order valence-electron chi connectivity index (χ0n) is 18.9. The fourth-order valence-corrected chi connectivity index (χ4v) is 3.40. The van der Waals surface area contributed by atoms with E-state index in [1.807, 2.05) is 0 Å². The van der Waals surface area contributed by atoms with Crippen molar-refractivity contribution >= 4 is 23.5 Å². The lowest BCUT2D eigenvalue weighted by Crippen LogP contribution is -2.51. The van der Waals surface area contributed by atoms with E-state index in [-0.39, 0.29) is 44.1 Å². The van der Waals surface area contributed by atoms with Gasteiger partial charge in [0.25, 0.3) is 5.91 Å². The monoisotopic (exact) mass is 476 g/mol. The highest BCUT2D eigenvalue weighted by Crippen LogP contribution is 2.25. The molecule has 0 aliphatic carbocycles. The zero-order valence-corrected chi connectivity index (χ0v) is 18.9. The minimum Gasteiger partial charge on any atom is -0.485 e. The number of halogens is 2. The summed E-state index contributed by atoms with van der Waals surface area (Å²) in [6.07, 6.45) is -2.36. The van der Waals surface area contributed by atoms with E-state index < -0.39 is 41.6 Å². The molecule has 2 atom stereocenters. The molecule has 1 heterocycles. The topological polar surface area (TPSA) is 94.2 Å². The molecule has 0 radical (unpaired) electrons. The van der Waals surface area contributed by atoms with Gasteiger partial charge in [-0.05, 0) is 31.2 Å². The Balaban J connectivity index is 1.53. The van der Waals surface area contributed by atoms with E-state index in [1.165, 1.54) is 11.8 Å². The number of benzene rings is 2. The first-order chi connectivity index (χ1) is 16.3. The molecule has 34 heavy (non-hydrogen) atoms. The number of nitrogens with one attached hydrogen (secondary N) is 1. The SMILES string of the molecule is CCC(=O)c1cc(F)c(OCC2CN(C(=O)C(C)OC(=O)Nc3ccccc3)CCO2)c(F)c1. The van der Waals surface area contributed by atoms with E-state index in [0.717, 1.165) is 12.1 Å². The summed E-state index contributed by atoms with van der Waals surface area (Å²) < 4.78 is 44.5. The Labute approximate surface area is 195 Å². The smallest absolute Gasteiger partial charge is 0.412 e. The Bertz CT molecular complexity index is 1010. The maximum atomic E-state index is 14.3. The second-order valence-corrected chi connectivity index (χ2v) is 7.67. The van der Waals surface area contributed by atoms with Crippen LogP contribution < -0.4 is 10.1 Å². The van der Waals surface area contributed by atoms with E-state index in [9.17, 15) is 23.2 Å². The zero-order chi connectivity index (χ0) is 24.7. The highest BCUT2D eigenvalue weighted by molar-refractivity contribution is 5.96. The summed E-state index contributed by atoms with van der Waals surface area (Å²) >= 11 is 0. The molecule has 1 aliphatic heterocycles. The number of ether oxygens (including phenoxy) is 3. The lowest BCUT2D eigenvalue weighted by Gasteiger charge is -2.34. The largest absolute Gasteiger partial charge is 0.485 e. The Morgan fingerprint density at radius 1 is 1.18 bits per heavy atom. The number of nitrogens with zero attached hydrogens (tertiary/aromatic N) is 1. The summed E-state index contributed by atoms with van der Waals surface area (Å²) in [5, 5.41) is 2.53. The molecule has 2 aromatic rings. The molecule has 0 spiro atoms. The van der Waals surface area contributed by atoms with Crippen LogP contribution >= 0.6 is 0 Å². The lowest BCUT2D eigenvalue weighted by molar-refractivity contribution is -0.147. The van der Waals surface area contributed by atoms with Crippen molar-refractivity contribution in [3.8, 4) is 5.75 Å². The maximum Gasteiger partial charge on any atom is 0.412 e. The van der Waals surface area contributed by atoms with Gasteiger partial charge in [0.15, 0.2) is 29.3 Å². The second-order valence-electron chi connectivity index (χ2n) is 7.67. The Hall–Kier alpha value is -3.53. The van der Waals surface area contributed by atoms with Crippen molar-refractivity contribution in [2.75, 3.05) is 31.6 Å². The number of rotatable bonds is 8. The minimum absolute atomic E-state index is 0.0687. The number of hydrogen-bond acceptors (Lipinski definition) is 6. The molecular formula is C24H26F2N2O6. The van der Waals surface area contributed by atoms with Crippen LogP contribution in [0.3, 0.4) is 0 Å². The number of amides is 2. The average Bonchev–Trinajstić information content (AvgIpc) is 2.83. The Morgan fingerprint density at radius 3 is 2.50 bits per heavy atom. The molecule has 8 nitrogen and oxygen atoms in total. The number of hydrogen-bond donors (Lipinski definition) is 1. The third-order valence-corrected chi connectivity index (χ3v) is 5.16. The predicted octanol–water partition coefficient (Wildman–Crippen LogP) is 3.80. The van der Waals surface area contributed by atoms with E-state index in [4.69, 9.17) is 14.2 Å². The van der Waals surface area contributed by atoms with Gasteiger partial charge in [-0.25, -0.2) is 13.6 Å². The fraction of sp³-hybridized carbons (Fsp3) is 0.375. The second kappa shape index (κ2) is 11.6. The molecule has 1 N–H and O–H groups in total. The molecule has 2 amide bonds. The number of carbonyl (C=O) groups is 3. The number of morpholine rings is 1. The number of carbonyl (C=O) groups excluding carboxylic acids is 3. The summed E-state index contributed by atoms with van der Waals surface area (Å²) in [7, 11) is 0. The van der Waals surface area contributed by atoms with Gasteiger partial charge in [-0.2, -0.15) is 0 Å². The maximum absolute atomic E-state index is 14.3. The van der Waals surface area contributed by atoms with Crippen molar-refractivity contribution in [3.63, 3.8) is 0 Å². The predicted molar refractivity (Wildman–Crippen MR) is 119 cm³/mol. The number of ketones is 1. The molecule has 0 saturated carbocycles. The van der Waals surface area contributed by atoms with Crippen LogP contribution in [0.1, 0.15) is 30.6 Å². The minimum atomic E-state index is -1.05. The highest BCUT2D eigenvalue weighted by atomic mass is 19.1. The van der Waals surface area contributed by atoms with Crippen molar-refractivity contribution in [1.82, 2.24) is 4.90 Å². The quantitative estimate of drug-likeness (QED) is 0.583. The van der Waals surface area contributed by atoms with Gasteiger partial charge in [0.05, 0.1) is 13.2 Å². The van der Waals surface area contributed by atoms with E-state index >= 15 is 0 Å². The third kappa shape index (κ3) is 6.50. The summed E-state index contributed by atoms with van der Waals surface area (Å²) in [5.74, 6) is -3.42. The van der Waals surface area contributed by atoms with Crippen LogP contribution in [0.15, 0.2) is 42.5 Å². The highest BCUT2D eigenvalue weighted by Gasteiger charge is 2.30. The lowest BCUT2D eigenvalue weighted by atomic mass is 10.1. The first-order valence-electron chi connectivity index (χ1n) is 10.9. The summed E-state index contributed by atoms with van der Waals surface area (Å²) in [6.45, 7) is 3.36. The Kier molecular flexibility index (Phi) is 8.53. The van der Waals surface area contributed by atoms with Crippen molar-refractivity contribution < 1.29 is 37.4 Å². The molecule has 2 unspecified atom stereocenters. The molecule has 10 heteroatoms. The molecule has 182 valence electrons.